The number of aliphatic hydroxyl groups excluding tert-OH is 1. The number of rotatable bonds is 8. The minimum Gasteiger partial charge on any atom is -0.507 e. The van der Waals surface area contributed by atoms with Gasteiger partial charge in [-0.1, -0.05) is 19.9 Å². The molecule has 0 aliphatic carbocycles. The summed E-state index contributed by atoms with van der Waals surface area (Å²) >= 11 is 0. The number of ketones is 1. The van der Waals surface area contributed by atoms with E-state index in [0.717, 1.165) is 5.56 Å². The molecule has 1 saturated heterocycles. The van der Waals surface area contributed by atoms with Crippen molar-refractivity contribution < 1.29 is 28.9 Å². The molecule has 0 radical (unpaired) electrons. The number of hydrogen-bond acceptors (Lipinski definition) is 7. The Hall–Kier alpha value is -4.77. The molecule has 3 aromatic carbocycles. The second kappa shape index (κ2) is 11.3. The van der Waals surface area contributed by atoms with Crippen molar-refractivity contribution in [3.8, 4) is 23.3 Å². The van der Waals surface area contributed by atoms with E-state index in [9.17, 15) is 20.0 Å². The average molecular weight is 527 g/mol. The van der Waals surface area contributed by atoms with Gasteiger partial charge >= 0.3 is 0 Å². The lowest BCUT2D eigenvalue weighted by Crippen LogP contribution is -2.29. The third-order valence-electron chi connectivity index (χ3n) is 6.65. The summed E-state index contributed by atoms with van der Waals surface area (Å²) in [7, 11) is 3.10. The van der Waals surface area contributed by atoms with E-state index in [4.69, 9.17) is 14.2 Å². The summed E-state index contributed by atoms with van der Waals surface area (Å²) in [4.78, 5) is 28.4. The number of anilines is 1. The first-order valence-electron chi connectivity index (χ1n) is 12.6. The molecule has 0 aromatic heterocycles. The van der Waals surface area contributed by atoms with Gasteiger partial charge in [0.1, 0.15) is 11.5 Å². The quantitative estimate of drug-likeness (QED) is 0.227. The molecule has 3 aromatic rings. The number of hydrogen-bond donors (Lipinski definition) is 1. The molecule has 0 spiro atoms. The lowest BCUT2D eigenvalue weighted by Gasteiger charge is -2.26. The van der Waals surface area contributed by atoms with Crippen LogP contribution in [0.15, 0.2) is 66.2 Å². The number of nitriles is 1. The molecule has 39 heavy (non-hydrogen) atoms. The van der Waals surface area contributed by atoms with Gasteiger partial charge in [-0.25, -0.2) is 0 Å². The Kier molecular flexibility index (Phi) is 7.91. The highest BCUT2D eigenvalue weighted by atomic mass is 16.5. The fourth-order valence-electron chi connectivity index (χ4n) is 4.73. The third kappa shape index (κ3) is 5.04. The van der Waals surface area contributed by atoms with E-state index in [0.29, 0.717) is 46.2 Å². The molecule has 0 bridgehead atoms. The van der Waals surface area contributed by atoms with Crippen molar-refractivity contribution in [2.45, 2.75) is 32.7 Å². The molecule has 1 heterocycles. The van der Waals surface area contributed by atoms with Gasteiger partial charge in [-0.2, -0.15) is 5.26 Å². The monoisotopic (exact) mass is 526 g/mol. The zero-order valence-electron chi connectivity index (χ0n) is 22.5. The zero-order chi connectivity index (χ0) is 28.3. The van der Waals surface area contributed by atoms with Crippen molar-refractivity contribution in [2.24, 2.45) is 0 Å². The van der Waals surface area contributed by atoms with Crippen LogP contribution in [0.1, 0.15) is 55.0 Å². The number of carbonyl (C=O) groups excluding carboxylic acids is 2. The first kappa shape index (κ1) is 27.3. The predicted molar refractivity (Wildman–Crippen MR) is 147 cm³/mol. The van der Waals surface area contributed by atoms with Crippen LogP contribution >= 0.6 is 0 Å². The molecule has 1 unspecified atom stereocenters. The van der Waals surface area contributed by atoms with E-state index in [-0.39, 0.29) is 17.3 Å². The van der Waals surface area contributed by atoms with E-state index in [1.165, 1.54) is 12.0 Å². The molecule has 200 valence electrons. The van der Waals surface area contributed by atoms with Crippen molar-refractivity contribution in [3.63, 3.8) is 0 Å². The Bertz CT molecular complexity index is 1480. The smallest absolute Gasteiger partial charge is 0.300 e. The second-order valence-electron chi connectivity index (χ2n) is 9.28. The summed E-state index contributed by atoms with van der Waals surface area (Å²) in [5.74, 6) is -0.238. The molecule has 4 rings (SSSR count). The Labute approximate surface area is 227 Å². The number of methoxy groups -OCH3 is 2. The van der Waals surface area contributed by atoms with Crippen LogP contribution in [-0.4, -0.2) is 37.6 Å². The van der Waals surface area contributed by atoms with Gasteiger partial charge in [-0.3, -0.25) is 14.5 Å². The van der Waals surface area contributed by atoms with Gasteiger partial charge in [-0.15, -0.1) is 0 Å². The topological polar surface area (TPSA) is 109 Å². The Morgan fingerprint density at radius 2 is 1.64 bits per heavy atom. The van der Waals surface area contributed by atoms with E-state index < -0.39 is 17.7 Å². The predicted octanol–water partition coefficient (Wildman–Crippen LogP) is 5.72. The van der Waals surface area contributed by atoms with Gasteiger partial charge in [0.05, 0.1) is 44.1 Å². The summed E-state index contributed by atoms with van der Waals surface area (Å²) in [6.07, 6.45) is 0. The molecule has 1 amide bonds. The molecule has 1 N–H and O–H groups in total. The minimum atomic E-state index is -0.965. The van der Waals surface area contributed by atoms with Gasteiger partial charge in [-0.05, 0) is 78.6 Å². The lowest BCUT2D eigenvalue weighted by molar-refractivity contribution is -0.132. The van der Waals surface area contributed by atoms with Crippen LogP contribution in [0, 0.1) is 11.3 Å². The number of Topliss-reactive ketones (excluding diaryl/α,β-unsaturated/α-hetero) is 1. The minimum absolute atomic E-state index is 0.0585. The van der Waals surface area contributed by atoms with Gasteiger partial charge in [0.2, 0.25) is 0 Å². The van der Waals surface area contributed by atoms with Gasteiger partial charge in [0, 0.05) is 11.3 Å². The van der Waals surface area contributed by atoms with Gasteiger partial charge in [0.15, 0.2) is 11.5 Å². The summed E-state index contributed by atoms with van der Waals surface area (Å²) in [6.45, 7) is 6.21. The summed E-state index contributed by atoms with van der Waals surface area (Å²) in [6, 6.07) is 17.7. The van der Waals surface area contributed by atoms with Crippen molar-refractivity contribution in [1.82, 2.24) is 0 Å². The molecule has 1 fully saturated rings. The van der Waals surface area contributed by atoms with E-state index in [1.807, 2.05) is 20.8 Å². The van der Waals surface area contributed by atoms with E-state index in [2.05, 4.69) is 6.07 Å². The fourth-order valence-corrected chi connectivity index (χ4v) is 4.73. The summed E-state index contributed by atoms with van der Waals surface area (Å²) in [5.41, 5.74) is 2.54. The standard InChI is InChI=1S/C31H30N2O6/c1-6-39-26-16-20(9-14-25(26)38-5)28-27(29(34)21-10-13-24(37-4)23(15-21)18(2)3)30(35)31(36)33(28)22-11-7-19(17-32)8-12-22/h7-16,18,28,34H,6H2,1-5H3/b29-27+. The van der Waals surface area contributed by atoms with Crippen LogP contribution < -0.4 is 19.1 Å². The Morgan fingerprint density at radius 3 is 2.23 bits per heavy atom. The molecular weight excluding hydrogens is 496 g/mol. The van der Waals surface area contributed by atoms with Crippen LogP contribution in [0.2, 0.25) is 0 Å². The highest BCUT2D eigenvalue weighted by molar-refractivity contribution is 6.51. The Balaban J connectivity index is 1.97. The van der Waals surface area contributed by atoms with E-state index in [1.54, 1.807) is 67.8 Å². The Morgan fingerprint density at radius 1 is 0.974 bits per heavy atom. The number of amides is 1. The highest BCUT2D eigenvalue weighted by Gasteiger charge is 2.47. The number of aliphatic hydroxyl groups is 1. The largest absolute Gasteiger partial charge is 0.507 e. The highest BCUT2D eigenvalue weighted by Crippen LogP contribution is 2.44. The number of ether oxygens (including phenoxy) is 3. The second-order valence-corrected chi connectivity index (χ2v) is 9.28. The maximum atomic E-state index is 13.5. The number of benzene rings is 3. The van der Waals surface area contributed by atoms with Crippen LogP contribution in [0.5, 0.6) is 17.2 Å². The normalized spacial score (nSPS) is 16.3. The van der Waals surface area contributed by atoms with Crippen LogP contribution in [0.25, 0.3) is 5.76 Å². The first-order valence-corrected chi connectivity index (χ1v) is 12.6. The van der Waals surface area contributed by atoms with Crippen LogP contribution in [0.4, 0.5) is 5.69 Å². The maximum absolute atomic E-state index is 13.5. The van der Waals surface area contributed by atoms with Crippen molar-refractivity contribution in [3.05, 3.63) is 88.5 Å². The summed E-state index contributed by atoms with van der Waals surface area (Å²) < 4.78 is 16.7. The third-order valence-corrected chi connectivity index (χ3v) is 6.65. The molecule has 1 aliphatic heterocycles. The fraction of sp³-hybridized carbons (Fsp3) is 0.258. The SMILES string of the molecule is CCOc1cc(C2/C(=C(\O)c3ccc(OC)c(C(C)C)c3)C(=O)C(=O)N2c2ccc(C#N)cc2)ccc1OC. The van der Waals surface area contributed by atoms with Crippen LogP contribution in [0.3, 0.4) is 0 Å². The van der Waals surface area contributed by atoms with Crippen LogP contribution in [-0.2, 0) is 9.59 Å². The summed E-state index contributed by atoms with van der Waals surface area (Å²) in [5, 5.41) is 20.8. The lowest BCUT2D eigenvalue weighted by atomic mass is 9.93. The molecular formula is C31H30N2O6. The molecule has 8 heteroatoms. The zero-order valence-corrected chi connectivity index (χ0v) is 22.5. The van der Waals surface area contributed by atoms with Crippen molar-refractivity contribution in [1.29, 1.82) is 5.26 Å². The molecule has 1 aliphatic rings. The van der Waals surface area contributed by atoms with Crippen molar-refractivity contribution >= 4 is 23.1 Å². The first-order chi connectivity index (χ1) is 18.7. The average Bonchev–Trinajstić information content (AvgIpc) is 3.22. The van der Waals surface area contributed by atoms with Crippen molar-refractivity contribution in [2.75, 3.05) is 25.7 Å². The molecule has 8 nitrogen and oxygen atoms in total. The number of nitrogens with zero attached hydrogens (tertiary/aromatic N) is 2. The van der Waals surface area contributed by atoms with E-state index >= 15 is 0 Å². The molecule has 1 atom stereocenters. The number of carbonyl (C=O) groups is 2. The van der Waals surface area contributed by atoms with Gasteiger partial charge < -0.3 is 19.3 Å². The van der Waals surface area contributed by atoms with Gasteiger partial charge in [0.25, 0.3) is 11.7 Å². The molecule has 0 saturated carbocycles. The maximum Gasteiger partial charge on any atom is 0.300 e.